The van der Waals surface area contributed by atoms with Crippen molar-refractivity contribution in [3.63, 3.8) is 0 Å². The van der Waals surface area contributed by atoms with Gasteiger partial charge in [0.2, 0.25) is 0 Å². The van der Waals surface area contributed by atoms with Crippen LogP contribution in [-0.2, 0) is 4.74 Å². The number of likely N-dealkylation sites (tertiary alicyclic amines) is 1. The maximum atomic E-state index is 12.5. The Bertz CT molecular complexity index is 421. The monoisotopic (exact) mass is 325 g/mol. The van der Waals surface area contributed by atoms with Gasteiger partial charge in [-0.2, -0.15) is 0 Å². The van der Waals surface area contributed by atoms with E-state index in [0.29, 0.717) is 5.92 Å². The summed E-state index contributed by atoms with van der Waals surface area (Å²) in [6.45, 7) is 13.3. The molecule has 4 unspecified atom stereocenters. The average Bonchev–Trinajstić information content (AvgIpc) is 2.84. The molecule has 0 aromatic heterocycles. The van der Waals surface area contributed by atoms with Crippen molar-refractivity contribution in [2.75, 3.05) is 6.54 Å². The molecule has 1 aliphatic carbocycles. The molecule has 1 saturated heterocycles. The number of hydrogen-bond donors (Lipinski definition) is 1. The Morgan fingerprint density at radius 3 is 2.30 bits per heavy atom. The van der Waals surface area contributed by atoms with Crippen LogP contribution in [0.2, 0.25) is 0 Å². The first-order valence-corrected chi connectivity index (χ1v) is 9.17. The number of aliphatic hydroxyl groups excluding tert-OH is 1. The summed E-state index contributed by atoms with van der Waals surface area (Å²) in [5.41, 5.74) is -0.211. The summed E-state index contributed by atoms with van der Waals surface area (Å²) in [6, 6.07) is 0.130. The number of aliphatic hydroxyl groups is 1. The molecule has 1 heterocycles. The highest BCUT2D eigenvalue weighted by atomic mass is 16.6. The van der Waals surface area contributed by atoms with Crippen molar-refractivity contribution in [1.82, 2.24) is 4.90 Å². The minimum absolute atomic E-state index is 0.130. The second-order valence-corrected chi connectivity index (χ2v) is 9.49. The van der Waals surface area contributed by atoms with E-state index >= 15 is 0 Å². The van der Waals surface area contributed by atoms with Crippen molar-refractivity contribution in [3.8, 4) is 0 Å². The third kappa shape index (κ3) is 4.62. The Hall–Kier alpha value is -0.770. The molecule has 134 valence electrons. The smallest absolute Gasteiger partial charge is 0.410 e. The number of carbonyl (C=O) groups is 1. The molecule has 2 aliphatic rings. The van der Waals surface area contributed by atoms with E-state index in [1.54, 1.807) is 0 Å². The summed E-state index contributed by atoms with van der Waals surface area (Å²) in [4.78, 5) is 14.4. The van der Waals surface area contributed by atoms with E-state index < -0.39 is 5.60 Å². The van der Waals surface area contributed by atoms with Gasteiger partial charge in [-0.3, -0.25) is 0 Å². The van der Waals surface area contributed by atoms with Gasteiger partial charge in [0.25, 0.3) is 0 Å². The van der Waals surface area contributed by atoms with Gasteiger partial charge in [0.1, 0.15) is 5.60 Å². The van der Waals surface area contributed by atoms with Crippen LogP contribution in [-0.4, -0.2) is 40.4 Å². The second kappa shape index (κ2) is 6.62. The molecular formula is C19H35NO3. The fourth-order valence-electron chi connectivity index (χ4n) is 4.17. The zero-order valence-corrected chi connectivity index (χ0v) is 15.8. The molecule has 4 atom stereocenters. The summed E-state index contributed by atoms with van der Waals surface area (Å²) < 4.78 is 5.58. The molecule has 1 aliphatic heterocycles. The molecule has 1 saturated carbocycles. The summed E-state index contributed by atoms with van der Waals surface area (Å²) in [5.74, 6) is 0.792. The largest absolute Gasteiger partial charge is 0.444 e. The molecule has 0 aromatic carbocycles. The topological polar surface area (TPSA) is 49.8 Å². The third-order valence-electron chi connectivity index (χ3n) is 5.51. The van der Waals surface area contributed by atoms with Gasteiger partial charge in [-0.1, -0.05) is 20.8 Å². The zero-order chi connectivity index (χ0) is 17.4. The predicted octanol–water partition coefficient (Wildman–Crippen LogP) is 4.21. The first-order chi connectivity index (χ1) is 10.5. The Morgan fingerprint density at radius 1 is 1.09 bits per heavy atom. The fourth-order valence-corrected chi connectivity index (χ4v) is 4.17. The SMILES string of the molecule is CC(C)(C)OC(=O)N1CCCC1C1CC(C(C)(C)C)CCC1O. The van der Waals surface area contributed by atoms with Crippen LogP contribution in [0, 0.1) is 17.3 Å². The van der Waals surface area contributed by atoms with Crippen LogP contribution < -0.4 is 0 Å². The van der Waals surface area contributed by atoms with E-state index in [9.17, 15) is 9.90 Å². The van der Waals surface area contributed by atoms with Gasteiger partial charge >= 0.3 is 6.09 Å². The lowest BCUT2D eigenvalue weighted by Crippen LogP contribution is -2.48. The Kier molecular flexibility index (Phi) is 5.34. The number of rotatable bonds is 1. The van der Waals surface area contributed by atoms with Crippen molar-refractivity contribution >= 4 is 6.09 Å². The molecule has 0 radical (unpaired) electrons. The standard InChI is InChI=1S/C19H35NO3/c1-18(2,3)13-9-10-16(21)14(12-13)15-8-7-11-20(15)17(22)23-19(4,5)6/h13-16,21H,7-12H2,1-6H3. The minimum atomic E-state index is -0.469. The fraction of sp³-hybridized carbons (Fsp3) is 0.947. The lowest BCUT2D eigenvalue weighted by Gasteiger charge is -2.44. The zero-order valence-electron chi connectivity index (χ0n) is 15.8. The highest BCUT2D eigenvalue weighted by molar-refractivity contribution is 5.69. The van der Waals surface area contributed by atoms with Crippen LogP contribution >= 0.6 is 0 Å². The summed E-state index contributed by atoms with van der Waals surface area (Å²) >= 11 is 0. The Labute approximate surface area is 141 Å². The van der Waals surface area contributed by atoms with E-state index in [2.05, 4.69) is 20.8 Å². The number of nitrogens with zero attached hydrogens (tertiary/aromatic N) is 1. The highest BCUT2D eigenvalue weighted by Gasteiger charge is 2.44. The van der Waals surface area contributed by atoms with Crippen LogP contribution in [0.25, 0.3) is 0 Å². The van der Waals surface area contributed by atoms with Crippen molar-refractivity contribution in [3.05, 3.63) is 0 Å². The van der Waals surface area contributed by atoms with Gasteiger partial charge in [-0.25, -0.2) is 4.79 Å². The number of ether oxygens (including phenoxy) is 1. The maximum absolute atomic E-state index is 12.5. The number of amides is 1. The first-order valence-electron chi connectivity index (χ1n) is 9.17. The Balaban J connectivity index is 2.10. The van der Waals surface area contributed by atoms with Gasteiger partial charge in [0.15, 0.2) is 0 Å². The number of hydrogen-bond acceptors (Lipinski definition) is 3. The quantitative estimate of drug-likeness (QED) is 0.785. The van der Waals surface area contributed by atoms with Gasteiger partial charge in [-0.05, 0) is 64.2 Å². The summed E-state index contributed by atoms with van der Waals surface area (Å²) in [5, 5.41) is 10.6. The van der Waals surface area contributed by atoms with E-state index in [-0.39, 0.29) is 29.6 Å². The molecule has 1 amide bonds. The van der Waals surface area contributed by atoms with Crippen molar-refractivity contribution < 1.29 is 14.6 Å². The molecule has 0 bridgehead atoms. The van der Waals surface area contributed by atoms with Crippen molar-refractivity contribution in [2.45, 2.75) is 91.4 Å². The molecule has 2 fully saturated rings. The van der Waals surface area contributed by atoms with E-state index in [1.165, 1.54) is 0 Å². The molecule has 2 rings (SSSR count). The van der Waals surface area contributed by atoms with Crippen LogP contribution in [0.5, 0.6) is 0 Å². The van der Waals surface area contributed by atoms with E-state index in [1.807, 2.05) is 25.7 Å². The lowest BCUT2D eigenvalue weighted by molar-refractivity contribution is -0.0266. The molecule has 1 N–H and O–H groups in total. The average molecular weight is 325 g/mol. The Morgan fingerprint density at radius 2 is 1.74 bits per heavy atom. The molecule has 0 aromatic rings. The first kappa shape index (κ1) is 18.6. The van der Waals surface area contributed by atoms with Crippen LogP contribution in [0.4, 0.5) is 4.79 Å². The molecule has 4 nitrogen and oxygen atoms in total. The number of carbonyl (C=O) groups excluding carboxylic acids is 1. The van der Waals surface area contributed by atoms with Crippen LogP contribution in [0.15, 0.2) is 0 Å². The third-order valence-corrected chi connectivity index (χ3v) is 5.51. The lowest BCUT2D eigenvalue weighted by atomic mass is 9.66. The predicted molar refractivity (Wildman–Crippen MR) is 92.3 cm³/mol. The normalized spacial score (nSPS) is 32.9. The van der Waals surface area contributed by atoms with Gasteiger partial charge in [0.05, 0.1) is 6.10 Å². The van der Waals surface area contributed by atoms with E-state index in [0.717, 1.165) is 38.6 Å². The van der Waals surface area contributed by atoms with Crippen molar-refractivity contribution in [1.29, 1.82) is 0 Å². The van der Waals surface area contributed by atoms with Crippen LogP contribution in [0.3, 0.4) is 0 Å². The molecular weight excluding hydrogens is 290 g/mol. The van der Waals surface area contributed by atoms with Gasteiger partial charge < -0.3 is 14.7 Å². The maximum Gasteiger partial charge on any atom is 0.410 e. The summed E-state index contributed by atoms with van der Waals surface area (Å²) in [6.07, 6.45) is 4.43. The molecule has 0 spiro atoms. The van der Waals surface area contributed by atoms with Crippen LogP contribution in [0.1, 0.15) is 73.6 Å². The molecule has 23 heavy (non-hydrogen) atoms. The van der Waals surface area contributed by atoms with Gasteiger partial charge in [-0.15, -0.1) is 0 Å². The summed E-state index contributed by atoms with van der Waals surface area (Å²) in [7, 11) is 0. The van der Waals surface area contributed by atoms with Gasteiger partial charge in [0, 0.05) is 18.5 Å². The van der Waals surface area contributed by atoms with E-state index in [4.69, 9.17) is 4.74 Å². The second-order valence-electron chi connectivity index (χ2n) is 9.49. The minimum Gasteiger partial charge on any atom is -0.444 e. The van der Waals surface area contributed by atoms with Crippen molar-refractivity contribution in [2.24, 2.45) is 17.3 Å². The molecule has 4 heteroatoms. The highest BCUT2D eigenvalue weighted by Crippen LogP contribution is 2.44.